The van der Waals surface area contributed by atoms with Crippen LogP contribution in [0.3, 0.4) is 0 Å². The van der Waals surface area contributed by atoms with Gasteiger partial charge in [0.15, 0.2) is 5.69 Å². The molecule has 0 saturated heterocycles. The number of nitrogens with one attached hydrogen (secondary N) is 2. The molecule has 6 nitrogen and oxygen atoms in total. The zero-order valence-electron chi connectivity index (χ0n) is 11.2. The van der Waals surface area contributed by atoms with Crippen LogP contribution >= 0.6 is 0 Å². The van der Waals surface area contributed by atoms with E-state index in [9.17, 15) is 14.7 Å². The molecule has 1 aromatic carbocycles. The first kappa shape index (κ1) is 14.2. The number of carbonyl (C=O) groups excluding carboxylic acids is 1. The minimum Gasteiger partial charge on any atom is -0.391 e. The largest absolute Gasteiger partial charge is 0.391 e. The van der Waals surface area contributed by atoms with Crippen molar-refractivity contribution < 1.29 is 9.90 Å². The summed E-state index contributed by atoms with van der Waals surface area (Å²) in [4.78, 5) is 23.7. The van der Waals surface area contributed by atoms with Gasteiger partial charge in [-0.15, -0.1) is 0 Å². The van der Waals surface area contributed by atoms with Crippen molar-refractivity contribution in [3.8, 4) is 0 Å². The second kappa shape index (κ2) is 6.29. The van der Waals surface area contributed by atoms with Gasteiger partial charge < -0.3 is 10.4 Å². The fourth-order valence-electron chi connectivity index (χ4n) is 2.02. The van der Waals surface area contributed by atoms with E-state index < -0.39 is 12.0 Å². The summed E-state index contributed by atoms with van der Waals surface area (Å²) in [5, 5.41) is 19.3. The summed E-state index contributed by atoms with van der Waals surface area (Å²) in [6.07, 6.45) is 0.898. The number of hydrogen-bond donors (Lipinski definition) is 3. The molecule has 0 aliphatic carbocycles. The van der Waals surface area contributed by atoms with Gasteiger partial charge in [-0.05, 0) is 12.5 Å². The SMILES string of the molecule is CCCC(O)CNC(=O)c1n[nH]c(=O)c2ccccc12. The summed E-state index contributed by atoms with van der Waals surface area (Å²) in [6.45, 7) is 2.13. The molecule has 2 rings (SSSR count). The van der Waals surface area contributed by atoms with E-state index in [4.69, 9.17) is 0 Å². The van der Waals surface area contributed by atoms with Gasteiger partial charge in [-0.3, -0.25) is 9.59 Å². The molecular weight excluding hydrogens is 258 g/mol. The molecular formula is C14H17N3O3. The van der Waals surface area contributed by atoms with Gasteiger partial charge in [0.2, 0.25) is 0 Å². The van der Waals surface area contributed by atoms with Crippen LogP contribution in [0.2, 0.25) is 0 Å². The van der Waals surface area contributed by atoms with E-state index in [0.717, 1.165) is 6.42 Å². The lowest BCUT2D eigenvalue weighted by molar-refractivity contribution is 0.0906. The quantitative estimate of drug-likeness (QED) is 0.752. The highest BCUT2D eigenvalue weighted by Gasteiger charge is 2.14. The third-order valence-electron chi connectivity index (χ3n) is 3.03. The van der Waals surface area contributed by atoms with Gasteiger partial charge >= 0.3 is 0 Å². The van der Waals surface area contributed by atoms with E-state index in [1.54, 1.807) is 24.3 Å². The molecule has 0 aliphatic heterocycles. The molecule has 0 fully saturated rings. The number of aliphatic hydroxyl groups excluding tert-OH is 1. The van der Waals surface area contributed by atoms with Crippen molar-refractivity contribution in [1.82, 2.24) is 15.5 Å². The standard InChI is InChI=1S/C14H17N3O3/c1-2-5-9(18)8-15-14(20)12-10-6-3-4-7-11(10)13(19)17-16-12/h3-4,6-7,9,18H,2,5,8H2,1H3,(H,15,20)(H,17,19). The van der Waals surface area contributed by atoms with Crippen LogP contribution in [0, 0.1) is 0 Å². The molecule has 1 amide bonds. The van der Waals surface area contributed by atoms with E-state index in [1.165, 1.54) is 0 Å². The third-order valence-corrected chi connectivity index (χ3v) is 3.03. The summed E-state index contributed by atoms with van der Waals surface area (Å²) in [5.41, 5.74) is -0.174. The molecule has 1 heterocycles. The second-order valence-corrected chi connectivity index (χ2v) is 4.60. The molecule has 3 N–H and O–H groups in total. The van der Waals surface area contributed by atoms with Crippen molar-refractivity contribution in [3.63, 3.8) is 0 Å². The predicted octanol–water partition coefficient (Wildman–Crippen LogP) is 0.814. The molecule has 0 saturated carbocycles. The van der Waals surface area contributed by atoms with Crippen molar-refractivity contribution in [2.75, 3.05) is 6.54 Å². The Hall–Kier alpha value is -2.21. The number of H-pyrrole nitrogens is 1. The Bertz CT molecular complexity index is 666. The maximum absolute atomic E-state index is 12.1. The Morgan fingerprint density at radius 3 is 2.80 bits per heavy atom. The summed E-state index contributed by atoms with van der Waals surface area (Å²) in [7, 11) is 0. The van der Waals surface area contributed by atoms with Crippen LogP contribution in [0.1, 0.15) is 30.3 Å². The van der Waals surface area contributed by atoms with Crippen molar-refractivity contribution in [3.05, 3.63) is 40.3 Å². The molecule has 0 spiro atoms. The lowest BCUT2D eigenvalue weighted by Gasteiger charge is -2.11. The fraction of sp³-hybridized carbons (Fsp3) is 0.357. The van der Waals surface area contributed by atoms with Crippen molar-refractivity contribution >= 4 is 16.7 Å². The minimum absolute atomic E-state index is 0.156. The van der Waals surface area contributed by atoms with Crippen LogP contribution < -0.4 is 10.9 Å². The average molecular weight is 275 g/mol. The highest BCUT2D eigenvalue weighted by Crippen LogP contribution is 2.12. The highest BCUT2D eigenvalue weighted by atomic mass is 16.3. The Balaban J connectivity index is 2.23. The number of carbonyl (C=O) groups is 1. The zero-order chi connectivity index (χ0) is 14.5. The van der Waals surface area contributed by atoms with Crippen LogP contribution in [0.25, 0.3) is 10.8 Å². The maximum atomic E-state index is 12.1. The number of benzene rings is 1. The molecule has 1 aromatic heterocycles. The lowest BCUT2D eigenvalue weighted by atomic mass is 10.1. The monoisotopic (exact) mass is 275 g/mol. The maximum Gasteiger partial charge on any atom is 0.272 e. The van der Waals surface area contributed by atoms with E-state index in [2.05, 4.69) is 15.5 Å². The Morgan fingerprint density at radius 1 is 1.40 bits per heavy atom. The average Bonchev–Trinajstić information content (AvgIpc) is 2.46. The number of aromatic amines is 1. The van der Waals surface area contributed by atoms with Crippen LogP contribution in [0.5, 0.6) is 0 Å². The first-order valence-corrected chi connectivity index (χ1v) is 6.57. The van der Waals surface area contributed by atoms with Crippen LogP contribution in [0.15, 0.2) is 29.1 Å². The van der Waals surface area contributed by atoms with Gasteiger partial charge in [-0.1, -0.05) is 31.5 Å². The van der Waals surface area contributed by atoms with Gasteiger partial charge in [0.05, 0.1) is 11.5 Å². The van der Waals surface area contributed by atoms with Crippen LogP contribution in [-0.2, 0) is 0 Å². The smallest absolute Gasteiger partial charge is 0.272 e. The van der Waals surface area contributed by atoms with Crippen LogP contribution in [0.4, 0.5) is 0 Å². The lowest BCUT2D eigenvalue weighted by Crippen LogP contribution is -2.33. The molecule has 0 bridgehead atoms. The number of aliphatic hydroxyl groups is 1. The van der Waals surface area contributed by atoms with E-state index in [1.807, 2.05) is 6.92 Å². The summed E-state index contributed by atoms with van der Waals surface area (Å²) in [5.74, 6) is -0.410. The number of hydrogen-bond acceptors (Lipinski definition) is 4. The first-order valence-electron chi connectivity index (χ1n) is 6.57. The zero-order valence-corrected chi connectivity index (χ0v) is 11.2. The molecule has 6 heteroatoms. The molecule has 0 aliphatic rings. The number of fused-ring (bicyclic) bond motifs is 1. The number of aromatic nitrogens is 2. The van der Waals surface area contributed by atoms with Gasteiger partial charge in [-0.2, -0.15) is 5.10 Å². The molecule has 20 heavy (non-hydrogen) atoms. The first-order chi connectivity index (χ1) is 9.63. The normalized spacial score (nSPS) is 12.3. The summed E-state index contributed by atoms with van der Waals surface area (Å²) < 4.78 is 0. The van der Waals surface area contributed by atoms with Gasteiger partial charge in [0, 0.05) is 11.9 Å². The number of rotatable bonds is 5. The van der Waals surface area contributed by atoms with Crippen LogP contribution in [-0.4, -0.2) is 33.9 Å². The van der Waals surface area contributed by atoms with Crippen molar-refractivity contribution in [1.29, 1.82) is 0 Å². The number of nitrogens with zero attached hydrogens (tertiary/aromatic N) is 1. The topological polar surface area (TPSA) is 95.1 Å². The molecule has 2 aromatic rings. The van der Waals surface area contributed by atoms with Crippen molar-refractivity contribution in [2.24, 2.45) is 0 Å². The minimum atomic E-state index is -0.571. The Labute approximate surface area is 115 Å². The van der Waals surface area contributed by atoms with Gasteiger partial charge in [-0.25, -0.2) is 5.10 Å². The van der Waals surface area contributed by atoms with E-state index >= 15 is 0 Å². The highest BCUT2D eigenvalue weighted by molar-refractivity contribution is 6.04. The molecule has 1 atom stereocenters. The van der Waals surface area contributed by atoms with E-state index in [-0.39, 0.29) is 17.8 Å². The summed E-state index contributed by atoms with van der Waals surface area (Å²) >= 11 is 0. The van der Waals surface area contributed by atoms with Gasteiger partial charge in [0.1, 0.15) is 0 Å². The molecule has 1 unspecified atom stereocenters. The Kier molecular flexibility index (Phi) is 4.47. The van der Waals surface area contributed by atoms with Crippen molar-refractivity contribution in [2.45, 2.75) is 25.9 Å². The van der Waals surface area contributed by atoms with Gasteiger partial charge in [0.25, 0.3) is 11.5 Å². The third kappa shape index (κ3) is 3.03. The predicted molar refractivity (Wildman–Crippen MR) is 75.6 cm³/mol. The Morgan fingerprint density at radius 2 is 2.10 bits per heavy atom. The fourth-order valence-corrected chi connectivity index (χ4v) is 2.02. The molecule has 106 valence electrons. The van der Waals surface area contributed by atoms with E-state index in [0.29, 0.717) is 17.2 Å². The number of amides is 1. The second-order valence-electron chi connectivity index (χ2n) is 4.60. The summed E-state index contributed by atoms with van der Waals surface area (Å²) in [6, 6.07) is 6.78. The molecule has 0 radical (unpaired) electrons.